The van der Waals surface area contributed by atoms with Crippen molar-refractivity contribution in [3.8, 4) is 0 Å². The molecule has 0 atom stereocenters. The van der Waals surface area contributed by atoms with Crippen molar-refractivity contribution in [2.45, 2.75) is 12.8 Å². The zero-order valence-corrected chi connectivity index (χ0v) is 11.5. The summed E-state index contributed by atoms with van der Waals surface area (Å²) in [7, 11) is 0. The summed E-state index contributed by atoms with van der Waals surface area (Å²) in [6.07, 6.45) is 0.997. The molecule has 3 N–H and O–H groups in total. The Kier molecular flexibility index (Phi) is 5.55. The molecule has 0 radical (unpaired) electrons. The van der Waals surface area contributed by atoms with Gasteiger partial charge in [0, 0.05) is 10.9 Å². The Hall–Kier alpha value is -0.290. The van der Waals surface area contributed by atoms with Crippen LogP contribution >= 0.6 is 39.1 Å². The summed E-state index contributed by atoms with van der Waals surface area (Å²) < 4.78 is 0.766. The summed E-state index contributed by atoms with van der Waals surface area (Å²) in [5.74, 6) is -0.142. The van der Waals surface area contributed by atoms with Crippen molar-refractivity contribution in [1.29, 1.82) is 0 Å². The average molecular weight is 326 g/mol. The second-order valence-corrected chi connectivity index (χ2v) is 4.91. The van der Waals surface area contributed by atoms with Crippen molar-refractivity contribution in [3.63, 3.8) is 0 Å². The lowest BCUT2D eigenvalue weighted by molar-refractivity contribution is -0.116. The molecular weight excluding hydrogens is 315 g/mol. The Balaban J connectivity index is 2.77. The van der Waals surface area contributed by atoms with Gasteiger partial charge in [-0.15, -0.1) is 0 Å². The van der Waals surface area contributed by atoms with E-state index < -0.39 is 0 Å². The molecular formula is C10H11BrCl2N2O. The van der Waals surface area contributed by atoms with E-state index in [0.717, 1.165) is 4.47 Å². The van der Waals surface area contributed by atoms with Crippen molar-refractivity contribution < 1.29 is 4.79 Å². The molecule has 3 nitrogen and oxygen atoms in total. The molecule has 0 heterocycles. The number of anilines is 1. The maximum atomic E-state index is 11.5. The highest BCUT2D eigenvalue weighted by atomic mass is 79.9. The average Bonchev–Trinajstić information content (AvgIpc) is 2.20. The maximum Gasteiger partial charge on any atom is 0.224 e. The molecule has 0 aliphatic rings. The van der Waals surface area contributed by atoms with Crippen molar-refractivity contribution in [3.05, 3.63) is 26.7 Å². The number of hydrogen-bond donors (Lipinski definition) is 2. The van der Waals surface area contributed by atoms with Gasteiger partial charge in [-0.05, 0) is 25.1 Å². The SMILES string of the molecule is NCCCC(=O)Nc1c(Cl)cc(Br)cc1Cl. The fraction of sp³-hybridized carbons (Fsp3) is 0.300. The second-order valence-electron chi connectivity index (χ2n) is 3.18. The Labute approximate surface area is 112 Å². The molecule has 6 heteroatoms. The summed E-state index contributed by atoms with van der Waals surface area (Å²) in [4.78, 5) is 11.5. The van der Waals surface area contributed by atoms with Crippen LogP contribution in [0.3, 0.4) is 0 Å². The number of nitrogens with one attached hydrogen (secondary N) is 1. The molecule has 0 aromatic heterocycles. The minimum atomic E-state index is -0.142. The molecule has 0 saturated carbocycles. The van der Waals surface area contributed by atoms with Crippen molar-refractivity contribution >= 4 is 50.7 Å². The molecule has 1 aromatic rings. The van der Waals surface area contributed by atoms with Gasteiger partial charge in [0.05, 0.1) is 15.7 Å². The minimum Gasteiger partial charge on any atom is -0.330 e. The van der Waals surface area contributed by atoms with Crippen LogP contribution in [-0.4, -0.2) is 12.5 Å². The van der Waals surface area contributed by atoms with E-state index in [-0.39, 0.29) is 5.91 Å². The standard InChI is InChI=1S/C10H11BrCl2N2O/c11-6-4-7(12)10(8(13)5-6)15-9(16)2-1-3-14/h4-5H,1-3,14H2,(H,15,16). The number of carbonyl (C=O) groups is 1. The molecule has 1 amide bonds. The van der Waals surface area contributed by atoms with Crippen LogP contribution in [0.2, 0.25) is 10.0 Å². The van der Waals surface area contributed by atoms with Crippen molar-refractivity contribution in [2.24, 2.45) is 5.73 Å². The van der Waals surface area contributed by atoms with Crippen LogP contribution in [-0.2, 0) is 4.79 Å². The molecule has 0 bridgehead atoms. The van der Waals surface area contributed by atoms with Crippen LogP contribution in [0.5, 0.6) is 0 Å². The molecule has 0 aliphatic carbocycles. The molecule has 0 fully saturated rings. The van der Waals surface area contributed by atoms with Gasteiger partial charge in [-0.2, -0.15) is 0 Å². The first-order chi connectivity index (χ1) is 7.54. The summed E-state index contributed by atoms with van der Waals surface area (Å²) in [6, 6.07) is 3.35. The van der Waals surface area contributed by atoms with Crippen molar-refractivity contribution in [2.75, 3.05) is 11.9 Å². The zero-order chi connectivity index (χ0) is 12.1. The van der Waals surface area contributed by atoms with E-state index >= 15 is 0 Å². The number of carbonyl (C=O) groups excluding carboxylic acids is 1. The van der Waals surface area contributed by atoms with E-state index in [9.17, 15) is 4.79 Å². The fourth-order valence-electron chi connectivity index (χ4n) is 1.13. The van der Waals surface area contributed by atoms with Gasteiger partial charge in [-0.1, -0.05) is 39.1 Å². The largest absolute Gasteiger partial charge is 0.330 e. The number of benzene rings is 1. The van der Waals surface area contributed by atoms with Gasteiger partial charge in [0.1, 0.15) is 0 Å². The van der Waals surface area contributed by atoms with Crippen LogP contribution in [0.25, 0.3) is 0 Å². The number of halogens is 3. The van der Waals surface area contributed by atoms with Crippen LogP contribution < -0.4 is 11.1 Å². The van der Waals surface area contributed by atoms with E-state index in [1.54, 1.807) is 12.1 Å². The number of rotatable bonds is 4. The third kappa shape index (κ3) is 3.94. The lowest BCUT2D eigenvalue weighted by Gasteiger charge is -2.09. The predicted molar refractivity (Wildman–Crippen MR) is 71.1 cm³/mol. The highest BCUT2D eigenvalue weighted by Gasteiger charge is 2.10. The van der Waals surface area contributed by atoms with Gasteiger partial charge in [-0.25, -0.2) is 0 Å². The third-order valence-electron chi connectivity index (χ3n) is 1.88. The lowest BCUT2D eigenvalue weighted by atomic mass is 10.2. The molecule has 1 aromatic carbocycles. The molecule has 88 valence electrons. The summed E-state index contributed by atoms with van der Waals surface area (Å²) in [5, 5.41) is 3.47. The van der Waals surface area contributed by atoms with Gasteiger partial charge in [0.25, 0.3) is 0 Å². The van der Waals surface area contributed by atoms with E-state index in [4.69, 9.17) is 28.9 Å². The monoisotopic (exact) mass is 324 g/mol. The van der Waals surface area contributed by atoms with Gasteiger partial charge in [0.2, 0.25) is 5.91 Å². The molecule has 0 aliphatic heterocycles. The third-order valence-corrected chi connectivity index (χ3v) is 2.93. The summed E-state index contributed by atoms with van der Waals surface area (Å²) >= 11 is 15.2. The Morgan fingerprint density at radius 1 is 1.38 bits per heavy atom. The quantitative estimate of drug-likeness (QED) is 0.891. The molecule has 1 rings (SSSR count). The maximum absolute atomic E-state index is 11.5. The molecule has 16 heavy (non-hydrogen) atoms. The fourth-order valence-corrected chi connectivity index (χ4v) is 2.43. The number of nitrogens with two attached hydrogens (primary N) is 1. The van der Waals surface area contributed by atoms with E-state index in [2.05, 4.69) is 21.2 Å². The number of amides is 1. The van der Waals surface area contributed by atoms with Gasteiger partial charge in [-0.3, -0.25) is 4.79 Å². The van der Waals surface area contributed by atoms with Crippen molar-refractivity contribution in [1.82, 2.24) is 0 Å². The lowest BCUT2D eigenvalue weighted by Crippen LogP contribution is -2.14. The van der Waals surface area contributed by atoms with Crippen LogP contribution in [0.4, 0.5) is 5.69 Å². The van der Waals surface area contributed by atoms with Gasteiger partial charge < -0.3 is 11.1 Å². The number of hydrogen-bond acceptors (Lipinski definition) is 2. The van der Waals surface area contributed by atoms with E-state index in [0.29, 0.717) is 35.1 Å². The van der Waals surface area contributed by atoms with E-state index in [1.807, 2.05) is 0 Å². The second kappa shape index (κ2) is 6.45. The molecule has 0 spiro atoms. The van der Waals surface area contributed by atoms with Crippen LogP contribution in [0, 0.1) is 0 Å². The highest BCUT2D eigenvalue weighted by molar-refractivity contribution is 9.10. The Morgan fingerprint density at radius 3 is 2.44 bits per heavy atom. The smallest absolute Gasteiger partial charge is 0.224 e. The first kappa shape index (κ1) is 13.8. The molecule has 0 saturated heterocycles. The summed E-state index contributed by atoms with van der Waals surface area (Å²) in [6.45, 7) is 0.481. The topological polar surface area (TPSA) is 55.1 Å². The Morgan fingerprint density at radius 2 is 1.94 bits per heavy atom. The van der Waals surface area contributed by atoms with Crippen LogP contribution in [0.1, 0.15) is 12.8 Å². The van der Waals surface area contributed by atoms with Gasteiger partial charge in [0.15, 0.2) is 0 Å². The predicted octanol–water partition coefficient (Wildman–Crippen LogP) is 3.43. The van der Waals surface area contributed by atoms with Gasteiger partial charge >= 0.3 is 0 Å². The highest BCUT2D eigenvalue weighted by Crippen LogP contribution is 2.33. The first-order valence-corrected chi connectivity index (χ1v) is 6.24. The minimum absolute atomic E-state index is 0.142. The Bertz CT molecular complexity index is 375. The van der Waals surface area contributed by atoms with E-state index in [1.165, 1.54) is 0 Å². The first-order valence-electron chi connectivity index (χ1n) is 4.69. The summed E-state index contributed by atoms with van der Waals surface area (Å²) in [5.41, 5.74) is 5.75. The normalized spacial score (nSPS) is 10.2. The van der Waals surface area contributed by atoms with Crippen LogP contribution in [0.15, 0.2) is 16.6 Å². The molecule has 0 unspecified atom stereocenters. The zero-order valence-electron chi connectivity index (χ0n) is 8.40.